The van der Waals surface area contributed by atoms with Gasteiger partial charge in [0.2, 0.25) is 5.91 Å². The highest BCUT2D eigenvalue weighted by Gasteiger charge is 2.28. The molecule has 2 aromatic rings. The second-order valence-corrected chi connectivity index (χ2v) is 8.96. The fourth-order valence-electron chi connectivity index (χ4n) is 4.26. The molecule has 2 fully saturated rings. The van der Waals surface area contributed by atoms with Crippen LogP contribution in [0.4, 0.5) is 5.13 Å². The lowest BCUT2D eigenvalue weighted by molar-refractivity contribution is -0.126. The standard InChI is InChI=1S/C21H29N3OS/c1-15-10-11-18-19(13-15)26-21(23-18)24-12-6-7-16(14-24)20(25)22-17-8-4-2-3-5-9-17/h10-11,13,16-17H,2-9,12,14H2,1H3,(H,22,25). The van der Waals surface area contributed by atoms with Crippen LogP contribution in [0.15, 0.2) is 18.2 Å². The minimum absolute atomic E-state index is 0.0979. The van der Waals surface area contributed by atoms with Crippen LogP contribution in [0, 0.1) is 12.8 Å². The maximum Gasteiger partial charge on any atom is 0.225 e. The number of hydrogen-bond acceptors (Lipinski definition) is 4. The Bertz CT molecular complexity index is 764. The maximum atomic E-state index is 12.8. The first-order chi connectivity index (χ1) is 12.7. The van der Waals surface area contributed by atoms with Gasteiger partial charge in [-0.25, -0.2) is 4.98 Å². The van der Waals surface area contributed by atoms with Gasteiger partial charge < -0.3 is 10.2 Å². The largest absolute Gasteiger partial charge is 0.353 e. The highest BCUT2D eigenvalue weighted by atomic mass is 32.1. The molecule has 4 nitrogen and oxygen atoms in total. The average Bonchev–Trinajstić information content (AvgIpc) is 2.90. The Labute approximate surface area is 160 Å². The van der Waals surface area contributed by atoms with Gasteiger partial charge in [-0.15, -0.1) is 0 Å². The van der Waals surface area contributed by atoms with Crippen molar-refractivity contribution in [3.63, 3.8) is 0 Å². The Hall–Kier alpha value is -1.62. The van der Waals surface area contributed by atoms with Gasteiger partial charge in [0, 0.05) is 19.1 Å². The van der Waals surface area contributed by atoms with Crippen molar-refractivity contribution >= 4 is 32.6 Å². The van der Waals surface area contributed by atoms with E-state index in [1.54, 1.807) is 11.3 Å². The molecule has 0 spiro atoms. The second kappa shape index (κ2) is 7.95. The minimum Gasteiger partial charge on any atom is -0.353 e. The fraction of sp³-hybridized carbons (Fsp3) is 0.619. The number of anilines is 1. The van der Waals surface area contributed by atoms with E-state index in [2.05, 4.69) is 35.3 Å². The minimum atomic E-state index is 0.0979. The SMILES string of the molecule is Cc1ccc2nc(N3CCCC(C(=O)NC4CCCCCC4)C3)sc2c1. The maximum absolute atomic E-state index is 12.8. The van der Waals surface area contributed by atoms with Crippen LogP contribution in [0.2, 0.25) is 0 Å². The Morgan fingerprint density at radius 2 is 1.96 bits per heavy atom. The summed E-state index contributed by atoms with van der Waals surface area (Å²) in [4.78, 5) is 19.9. The van der Waals surface area contributed by atoms with Gasteiger partial charge in [0.05, 0.1) is 16.1 Å². The van der Waals surface area contributed by atoms with Crippen LogP contribution in [-0.4, -0.2) is 30.0 Å². The van der Waals surface area contributed by atoms with E-state index in [4.69, 9.17) is 4.98 Å². The van der Waals surface area contributed by atoms with Gasteiger partial charge in [-0.1, -0.05) is 43.1 Å². The van der Waals surface area contributed by atoms with Crippen molar-refractivity contribution < 1.29 is 4.79 Å². The zero-order valence-corrected chi connectivity index (χ0v) is 16.5. The summed E-state index contributed by atoms with van der Waals surface area (Å²) in [6.45, 7) is 3.93. The molecule has 140 valence electrons. The summed E-state index contributed by atoms with van der Waals surface area (Å²) < 4.78 is 1.24. The molecule has 0 bridgehead atoms. The Morgan fingerprint density at radius 3 is 2.77 bits per heavy atom. The van der Waals surface area contributed by atoms with Crippen LogP contribution in [0.1, 0.15) is 56.9 Å². The smallest absolute Gasteiger partial charge is 0.225 e. The number of piperidine rings is 1. The van der Waals surface area contributed by atoms with E-state index in [-0.39, 0.29) is 11.8 Å². The highest BCUT2D eigenvalue weighted by Crippen LogP contribution is 2.32. The number of amides is 1. The molecule has 2 aliphatic rings. The van der Waals surface area contributed by atoms with Gasteiger partial charge in [0.1, 0.15) is 0 Å². The molecule has 5 heteroatoms. The summed E-state index contributed by atoms with van der Waals surface area (Å²) in [5.74, 6) is 0.360. The van der Waals surface area contributed by atoms with E-state index in [1.807, 2.05) is 0 Å². The predicted molar refractivity (Wildman–Crippen MR) is 109 cm³/mol. The van der Waals surface area contributed by atoms with Crippen molar-refractivity contribution in [2.75, 3.05) is 18.0 Å². The van der Waals surface area contributed by atoms with Gasteiger partial charge >= 0.3 is 0 Å². The van der Waals surface area contributed by atoms with E-state index in [0.29, 0.717) is 6.04 Å². The van der Waals surface area contributed by atoms with Crippen molar-refractivity contribution in [3.8, 4) is 0 Å². The molecular weight excluding hydrogens is 342 g/mol. The Balaban J connectivity index is 1.41. The number of aryl methyl sites for hydroxylation is 1. The zero-order chi connectivity index (χ0) is 17.9. The number of thiazole rings is 1. The van der Waals surface area contributed by atoms with Gasteiger partial charge in [-0.05, 0) is 50.3 Å². The molecule has 4 rings (SSSR count). The van der Waals surface area contributed by atoms with Crippen molar-refractivity contribution in [2.45, 2.75) is 64.3 Å². The normalized spacial score (nSPS) is 22.3. The quantitative estimate of drug-likeness (QED) is 0.798. The van der Waals surface area contributed by atoms with Crippen LogP contribution >= 0.6 is 11.3 Å². The zero-order valence-electron chi connectivity index (χ0n) is 15.7. The summed E-state index contributed by atoms with van der Waals surface area (Å²) >= 11 is 1.75. The van der Waals surface area contributed by atoms with Crippen LogP contribution in [0.3, 0.4) is 0 Å². The molecular formula is C21H29N3OS. The number of fused-ring (bicyclic) bond motifs is 1. The summed E-state index contributed by atoms with van der Waals surface area (Å²) in [7, 11) is 0. The molecule has 1 amide bonds. The lowest BCUT2D eigenvalue weighted by Crippen LogP contribution is -2.46. The summed E-state index contributed by atoms with van der Waals surface area (Å²) in [6.07, 6.45) is 9.52. The van der Waals surface area contributed by atoms with Crippen LogP contribution in [0.5, 0.6) is 0 Å². The topological polar surface area (TPSA) is 45.2 Å². The van der Waals surface area contributed by atoms with Gasteiger partial charge in [-0.3, -0.25) is 4.79 Å². The molecule has 1 saturated heterocycles. The highest BCUT2D eigenvalue weighted by molar-refractivity contribution is 7.22. The molecule has 1 aliphatic heterocycles. The van der Waals surface area contributed by atoms with Gasteiger partial charge in [-0.2, -0.15) is 0 Å². The summed E-state index contributed by atoms with van der Waals surface area (Å²) in [5.41, 5.74) is 2.34. The Kier molecular flexibility index (Phi) is 5.44. The van der Waals surface area contributed by atoms with Gasteiger partial charge in [0.25, 0.3) is 0 Å². The molecule has 2 heterocycles. The van der Waals surface area contributed by atoms with E-state index in [0.717, 1.165) is 49.4 Å². The van der Waals surface area contributed by atoms with Crippen molar-refractivity contribution in [2.24, 2.45) is 5.92 Å². The van der Waals surface area contributed by atoms with Gasteiger partial charge in [0.15, 0.2) is 5.13 Å². The predicted octanol–water partition coefficient (Wildman–Crippen LogP) is 4.66. The third kappa shape index (κ3) is 4.03. The lowest BCUT2D eigenvalue weighted by Gasteiger charge is -2.32. The van der Waals surface area contributed by atoms with Crippen LogP contribution in [0.25, 0.3) is 10.2 Å². The second-order valence-electron chi connectivity index (χ2n) is 7.95. The number of nitrogens with one attached hydrogen (secondary N) is 1. The number of nitrogens with zero attached hydrogens (tertiary/aromatic N) is 2. The Morgan fingerprint density at radius 1 is 1.15 bits per heavy atom. The summed E-state index contributed by atoms with van der Waals surface area (Å²) in [5, 5.41) is 4.42. The number of hydrogen-bond donors (Lipinski definition) is 1. The molecule has 1 unspecified atom stereocenters. The molecule has 1 aliphatic carbocycles. The first-order valence-electron chi connectivity index (χ1n) is 10.1. The number of aromatic nitrogens is 1. The third-order valence-corrected chi connectivity index (χ3v) is 6.88. The van der Waals surface area contributed by atoms with Crippen molar-refractivity contribution in [3.05, 3.63) is 23.8 Å². The molecule has 0 radical (unpaired) electrons. The molecule has 26 heavy (non-hydrogen) atoms. The van der Waals surface area contributed by atoms with Crippen molar-refractivity contribution in [1.82, 2.24) is 10.3 Å². The number of rotatable bonds is 3. The number of benzene rings is 1. The van der Waals surface area contributed by atoms with Crippen LogP contribution < -0.4 is 10.2 Å². The first kappa shape index (κ1) is 17.8. The summed E-state index contributed by atoms with van der Waals surface area (Å²) in [6, 6.07) is 6.82. The number of carbonyl (C=O) groups excluding carboxylic acids is 1. The average molecular weight is 372 g/mol. The van der Waals surface area contributed by atoms with E-state index >= 15 is 0 Å². The van der Waals surface area contributed by atoms with Crippen LogP contribution in [-0.2, 0) is 4.79 Å². The first-order valence-corrected chi connectivity index (χ1v) is 10.9. The molecule has 1 saturated carbocycles. The fourth-order valence-corrected chi connectivity index (χ4v) is 5.36. The lowest BCUT2D eigenvalue weighted by atomic mass is 9.96. The molecule has 1 N–H and O–H groups in total. The third-order valence-electron chi connectivity index (χ3n) is 5.80. The van der Waals surface area contributed by atoms with E-state index in [9.17, 15) is 4.79 Å². The van der Waals surface area contributed by atoms with Crippen molar-refractivity contribution in [1.29, 1.82) is 0 Å². The monoisotopic (exact) mass is 371 g/mol. The van der Waals surface area contributed by atoms with E-state index < -0.39 is 0 Å². The number of carbonyl (C=O) groups is 1. The molecule has 1 atom stereocenters. The molecule has 1 aromatic heterocycles. The van der Waals surface area contributed by atoms with E-state index in [1.165, 1.54) is 35.9 Å². The molecule has 1 aromatic carbocycles.